The summed E-state index contributed by atoms with van der Waals surface area (Å²) < 4.78 is 15.7. The number of likely N-dealkylation sites (N-methyl/N-ethyl adjacent to an activating group) is 1. The molecule has 0 saturated heterocycles. The van der Waals surface area contributed by atoms with Gasteiger partial charge in [-0.05, 0) is 31.9 Å². The fraction of sp³-hybridized carbons (Fsp3) is 0.579. The Morgan fingerprint density at radius 1 is 1.04 bits per heavy atom. The van der Waals surface area contributed by atoms with Gasteiger partial charge in [0.05, 0.1) is 19.8 Å². The molecule has 1 saturated carbocycles. The van der Waals surface area contributed by atoms with E-state index in [2.05, 4.69) is 0 Å². The molecule has 1 aliphatic carbocycles. The van der Waals surface area contributed by atoms with Crippen LogP contribution in [0.5, 0.6) is 11.5 Å². The van der Waals surface area contributed by atoms with Crippen LogP contribution in [0.15, 0.2) is 18.2 Å². The van der Waals surface area contributed by atoms with E-state index in [-0.39, 0.29) is 17.5 Å². The summed E-state index contributed by atoms with van der Waals surface area (Å²) in [6, 6.07) is 5.03. The first-order chi connectivity index (χ1) is 12.0. The van der Waals surface area contributed by atoms with Crippen molar-refractivity contribution in [3.8, 4) is 11.5 Å². The smallest absolute Gasteiger partial charge is 0.339 e. The molecule has 2 rings (SSSR count). The molecule has 0 heterocycles. The minimum absolute atomic E-state index is 0.171. The molecule has 1 aromatic rings. The molecule has 1 fully saturated rings. The zero-order valence-electron chi connectivity index (χ0n) is 15.4. The average molecular weight is 349 g/mol. The quantitative estimate of drug-likeness (QED) is 0.739. The highest BCUT2D eigenvalue weighted by Crippen LogP contribution is 2.24. The number of ether oxygens (including phenoxy) is 3. The van der Waals surface area contributed by atoms with Crippen LogP contribution in [-0.2, 0) is 9.53 Å². The zero-order chi connectivity index (χ0) is 18.4. The van der Waals surface area contributed by atoms with E-state index >= 15 is 0 Å². The van der Waals surface area contributed by atoms with E-state index in [1.165, 1.54) is 20.6 Å². The van der Waals surface area contributed by atoms with Crippen molar-refractivity contribution in [1.82, 2.24) is 4.90 Å². The third-order valence-corrected chi connectivity index (χ3v) is 4.69. The summed E-state index contributed by atoms with van der Waals surface area (Å²) in [5.74, 6) is 0.236. The molecule has 6 heteroatoms. The Kier molecular flexibility index (Phi) is 6.67. The highest BCUT2D eigenvalue weighted by molar-refractivity contribution is 5.93. The highest BCUT2D eigenvalue weighted by atomic mass is 16.5. The summed E-state index contributed by atoms with van der Waals surface area (Å²) in [6.45, 7) is 1.61. The number of hydrogen-bond donors (Lipinski definition) is 0. The van der Waals surface area contributed by atoms with Gasteiger partial charge in [0.25, 0.3) is 5.91 Å². The summed E-state index contributed by atoms with van der Waals surface area (Å²) >= 11 is 0. The lowest BCUT2D eigenvalue weighted by molar-refractivity contribution is -0.141. The molecular formula is C19H27NO5. The van der Waals surface area contributed by atoms with Gasteiger partial charge < -0.3 is 19.1 Å². The molecule has 0 bridgehead atoms. The van der Waals surface area contributed by atoms with Gasteiger partial charge in [0.1, 0.15) is 11.5 Å². The van der Waals surface area contributed by atoms with Gasteiger partial charge >= 0.3 is 5.97 Å². The first kappa shape index (κ1) is 19.1. The van der Waals surface area contributed by atoms with Crippen molar-refractivity contribution in [3.63, 3.8) is 0 Å². The molecule has 1 amide bonds. The maximum atomic E-state index is 12.6. The lowest BCUT2D eigenvalue weighted by Crippen LogP contribution is -2.44. The van der Waals surface area contributed by atoms with Gasteiger partial charge in [0, 0.05) is 19.2 Å². The van der Waals surface area contributed by atoms with Crippen LogP contribution in [0.4, 0.5) is 0 Å². The fourth-order valence-electron chi connectivity index (χ4n) is 3.14. The Labute approximate surface area is 149 Å². The minimum atomic E-state index is -0.836. The topological polar surface area (TPSA) is 65.1 Å². The molecule has 1 atom stereocenters. The van der Waals surface area contributed by atoms with Gasteiger partial charge in [-0.2, -0.15) is 0 Å². The Bertz CT molecular complexity index is 588. The predicted octanol–water partition coefficient (Wildman–Crippen LogP) is 3.04. The van der Waals surface area contributed by atoms with E-state index in [4.69, 9.17) is 14.2 Å². The van der Waals surface area contributed by atoms with Crippen LogP contribution >= 0.6 is 0 Å². The van der Waals surface area contributed by atoms with Crippen molar-refractivity contribution in [2.45, 2.75) is 51.2 Å². The number of esters is 1. The van der Waals surface area contributed by atoms with Crippen LogP contribution in [0.3, 0.4) is 0 Å². The number of carbonyl (C=O) groups excluding carboxylic acids is 2. The van der Waals surface area contributed by atoms with Crippen LogP contribution in [0.1, 0.15) is 49.4 Å². The van der Waals surface area contributed by atoms with E-state index < -0.39 is 12.1 Å². The van der Waals surface area contributed by atoms with Crippen molar-refractivity contribution >= 4 is 11.9 Å². The monoisotopic (exact) mass is 349 g/mol. The molecular weight excluding hydrogens is 322 g/mol. The Morgan fingerprint density at radius 3 is 2.12 bits per heavy atom. The molecule has 25 heavy (non-hydrogen) atoms. The van der Waals surface area contributed by atoms with Crippen LogP contribution in [-0.4, -0.2) is 50.2 Å². The largest absolute Gasteiger partial charge is 0.497 e. The second-order valence-electron chi connectivity index (χ2n) is 6.39. The summed E-state index contributed by atoms with van der Waals surface area (Å²) in [5.41, 5.74) is 0.288. The van der Waals surface area contributed by atoms with E-state index in [0.29, 0.717) is 11.5 Å². The third kappa shape index (κ3) is 4.87. The molecule has 1 aromatic carbocycles. The van der Waals surface area contributed by atoms with Gasteiger partial charge in [-0.1, -0.05) is 19.3 Å². The second kappa shape index (κ2) is 8.74. The van der Waals surface area contributed by atoms with Crippen LogP contribution < -0.4 is 9.47 Å². The van der Waals surface area contributed by atoms with Crippen molar-refractivity contribution in [3.05, 3.63) is 23.8 Å². The van der Waals surface area contributed by atoms with Gasteiger partial charge in [-0.25, -0.2) is 4.79 Å². The Hall–Kier alpha value is -2.24. The molecule has 0 aromatic heterocycles. The number of hydrogen-bond acceptors (Lipinski definition) is 5. The predicted molar refractivity (Wildman–Crippen MR) is 94.1 cm³/mol. The van der Waals surface area contributed by atoms with Crippen molar-refractivity contribution in [1.29, 1.82) is 0 Å². The lowest BCUT2D eigenvalue weighted by atomic mass is 9.94. The number of rotatable bonds is 6. The van der Waals surface area contributed by atoms with Crippen molar-refractivity contribution < 1.29 is 23.8 Å². The van der Waals surface area contributed by atoms with Crippen LogP contribution in [0.2, 0.25) is 0 Å². The van der Waals surface area contributed by atoms with Gasteiger partial charge in [0.2, 0.25) is 0 Å². The summed E-state index contributed by atoms with van der Waals surface area (Å²) in [6.07, 6.45) is 4.68. The molecule has 1 aliphatic rings. The van der Waals surface area contributed by atoms with Crippen LogP contribution in [0.25, 0.3) is 0 Å². The average Bonchev–Trinajstić information content (AvgIpc) is 2.66. The van der Waals surface area contributed by atoms with Crippen molar-refractivity contribution in [2.75, 3.05) is 21.3 Å². The summed E-state index contributed by atoms with van der Waals surface area (Å²) in [4.78, 5) is 26.7. The molecule has 6 nitrogen and oxygen atoms in total. The normalized spacial score (nSPS) is 16.0. The zero-order valence-corrected chi connectivity index (χ0v) is 15.4. The van der Waals surface area contributed by atoms with E-state index in [9.17, 15) is 9.59 Å². The number of amides is 1. The number of carbonyl (C=O) groups is 2. The number of benzene rings is 1. The number of methoxy groups -OCH3 is 2. The molecule has 0 N–H and O–H groups in total. The SMILES string of the molecule is COc1cc(OC)cc(C(=O)OC(C)C(=O)N(C)C2CCCCC2)c1. The van der Waals surface area contributed by atoms with Crippen molar-refractivity contribution in [2.24, 2.45) is 0 Å². The molecule has 138 valence electrons. The van der Waals surface area contributed by atoms with Gasteiger partial charge in [0.15, 0.2) is 6.10 Å². The van der Waals surface area contributed by atoms with Gasteiger partial charge in [-0.15, -0.1) is 0 Å². The Morgan fingerprint density at radius 2 is 1.60 bits per heavy atom. The highest BCUT2D eigenvalue weighted by Gasteiger charge is 2.28. The first-order valence-electron chi connectivity index (χ1n) is 8.67. The van der Waals surface area contributed by atoms with E-state index in [0.717, 1.165) is 25.7 Å². The summed E-state index contributed by atoms with van der Waals surface area (Å²) in [5, 5.41) is 0. The maximum Gasteiger partial charge on any atom is 0.339 e. The van der Waals surface area contributed by atoms with Gasteiger partial charge in [-0.3, -0.25) is 4.79 Å². The standard InChI is InChI=1S/C19H27NO5/c1-13(18(21)20(2)15-8-6-5-7-9-15)25-19(22)14-10-16(23-3)12-17(11-14)24-4/h10-13,15H,5-9H2,1-4H3. The molecule has 0 radical (unpaired) electrons. The minimum Gasteiger partial charge on any atom is -0.497 e. The summed E-state index contributed by atoms with van der Waals surface area (Å²) in [7, 11) is 4.81. The first-order valence-corrected chi connectivity index (χ1v) is 8.67. The molecule has 1 unspecified atom stereocenters. The van der Waals surface area contributed by atoms with Crippen LogP contribution in [0, 0.1) is 0 Å². The molecule has 0 aliphatic heterocycles. The second-order valence-corrected chi connectivity index (χ2v) is 6.39. The number of nitrogens with zero attached hydrogens (tertiary/aromatic N) is 1. The maximum absolute atomic E-state index is 12.6. The lowest BCUT2D eigenvalue weighted by Gasteiger charge is -2.32. The third-order valence-electron chi connectivity index (χ3n) is 4.69. The Balaban J connectivity index is 2.02. The fourth-order valence-corrected chi connectivity index (χ4v) is 3.14. The van der Waals surface area contributed by atoms with E-state index in [1.807, 2.05) is 0 Å². The molecule has 0 spiro atoms. The van der Waals surface area contributed by atoms with E-state index in [1.54, 1.807) is 37.1 Å².